The maximum Gasteiger partial charge on any atom is 0 e. The molecular formula is C10H12AuN4-2. The number of hydrogen-bond acceptors (Lipinski definition) is 0. The summed E-state index contributed by atoms with van der Waals surface area (Å²) >= 11 is 0. The van der Waals surface area contributed by atoms with Crippen LogP contribution in [0.1, 0.15) is 0 Å². The third-order valence-electron chi connectivity index (χ3n) is 2.44. The third-order valence-corrected chi connectivity index (χ3v) is 2.44. The van der Waals surface area contributed by atoms with Crippen LogP contribution in [0.2, 0.25) is 0 Å². The molecule has 0 amide bonds. The first-order valence-corrected chi connectivity index (χ1v) is 4.58. The van der Waals surface area contributed by atoms with Crippen molar-refractivity contribution in [1.29, 1.82) is 0 Å². The second-order valence-corrected chi connectivity index (χ2v) is 3.69. The summed E-state index contributed by atoms with van der Waals surface area (Å²) in [6.45, 7) is 0. The Morgan fingerprint density at radius 1 is 0.867 bits per heavy atom. The van der Waals surface area contributed by atoms with Gasteiger partial charge in [0.15, 0.2) is 0 Å². The Kier molecular flexibility index (Phi) is 2.42. The molecule has 0 saturated carbocycles. The van der Waals surface area contributed by atoms with Gasteiger partial charge in [0, 0.05) is 22.4 Å². The molecule has 0 aromatic rings. The van der Waals surface area contributed by atoms with Gasteiger partial charge in [-0.2, -0.15) is 0 Å². The van der Waals surface area contributed by atoms with E-state index in [-0.39, 0.29) is 22.4 Å². The first-order chi connectivity index (χ1) is 6.74. The Morgan fingerprint density at radius 2 is 1.27 bits per heavy atom. The van der Waals surface area contributed by atoms with E-state index in [1.165, 1.54) is 11.4 Å². The Labute approximate surface area is 104 Å². The van der Waals surface area contributed by atoms with Gasteiger partial charge in [0.05, 0.1) is 0 Å². The maximum absolute atomic E-state index is 2.12. The van der Waals surface area contributed by atoms with Crippen molar-refractivity contribution >= 4 is 0 Å². The minimum atomic E-state index is 0. The molecule has 4 nitrogen and oxygen atoms in total. The van der Waals surface area contributed by atoms with Crippen LogP contribution >= 0.6 is 0 Å². The van der Waals surface area contributed by atoms with Crippen molar-refractivity contribution < 1.29 is 22.4 Å². The SMILES string of the molecule is Cn1cc2ccc3cn(C)[cH-]n-3n-2[cH-]1.[Au]. The van der Waals surface area contributed by atoms with Crippen molar-refractivity contribution in [1.82, 2.24) is 18.5 Å². The van der Waals surface area contributed by atoms with Gasteiger partial charge in [0.25, 0.3) is 0 Å². The fraction of sp³-hybridized carbons (Fsp3) is 0.200. The van der Waals surface area contributed by atoms with Crippen molar-refractivity contribution in [2.45, 2.75) is 0 Å². The van der Waals surface area contributed by atoms with Crippen LogP contribution in [0.25, 0.3) is 11.4 Å². The maximum atomic E-state index is 2.12. The van der Waals surface area contributed by atoms with Crippen LogP contribution in [0.15, 0.2) is 37.2 Å². The molecule has 15 heavy (non-hydrogen) atoms. The van der Waals surface area contributed by atoms with Gasteiger partial charge < -0.3 is 18.5 Å². The third kappa shape index (κ3) is 1.51. The largest absolute Gasteiger partial charge is 0.454 e. The Bertz CT molecular complexity index is 490. The second-order valence-electron chi connectivity index (χ2n) is 3.69. The Balaban J connectivity index is 0.000000853. The summed E-state index contributed by atoms with van der Waals surface area (Å²) in [7, 11) is 4.06. The summed E-state index contributed by atoms with van der Waals surface area (Å²) in [4.78, 5) is 0. The number of aryl methyl sites for hydroxylation is 2. The van der Waals surface area contributed by atoms with Crippen molar-refractivity contribution in [3.8, 4) is 11.4 Å². The molecule has 0 fully saturated rings. The van der Waals surface area contributed by atoms with Gasteiger partial charge >= 0.3 is 0 Å². The molecule has 1 radical (unpaired) electrons. The van der Waals surface area contributed by atoms with Crippen molar-refractivity contribution in [2.75, 3.05) is 0 Å². The second kappa shape index (κ2) is 3.48. The first-order valence-electron chi connectivity index (χ1n) is 4.58. The molecule has 0 spiro atoms. The van der Waals surface area contributed by atoms with Crippen LogP contribution < -0.4 is 0 Å². The van der Waals surface area contributed by atoms with Crippen molar-refractivity contribution in [2.24, 2.45) is 14.1 Å². The number of hydrogen-bond donors (Lipinski definition) is 0. The smallest absolute Gasteiger partial charge is 0 e. The number of imidazole rings is 2. The minimum absolute atomic E-state index is 0. The van der Waals surface area contributed by atoms with Crippen LogP contribution in [0.3, 0.4) is 0 Å². The van der Waals surface area contributed by atoms with Gasteiger partial charge in [-0.15, -0.1) is 24.5 Å². The summed E-state index contributed by atoms with van der Waals surface area (Å²) < 4.78 is 8.34. The van der Waals surface area contributed by atoms with Gasteiger partial charge in [0.2, 0.25) is 0 Å². The zero-order valence-corrected chi connectivity index (χ0v) is 10.7. The summed E-state index contributed by atoms with van der Waals surface area (Å²) in [5, 5.41) is 0. The monoisotopic (exact) mass is 385 g/mol. The van der Waals surface area contributed by atoms with Crippen LogP contribution in [0, 0.1) is 0 Å². The fourth-order valence-corrected chi connectivity index (χ4v) is 1.85. The summed E-state index contributed by atoms with van der Waals surface area (Å²) in [6, 6.07) is 4.24. The van der Waals surface area contributed by atoms with Crippen LogP contribution in [0.5, 0.6) is 0 Å². The van der Waals surface area contributed by atoms with E-state index in [4.69, 9.17) is 0 Å². The van der Waals surface area contributed by atoms with Crippen molar-refractivity contribution in [3.63, 3.8) is 0 Å². The average molecular weight is 385 g/mol. The normalized spacial score (nSPS) is 10.8. The molecule has 0 aromatic carbocycles. The van der Waals surface area contributed by atoms with Crippen LogP contribution in [-0.2, 0) is 36.5 Å². The van der Waals surface area contributed by atoms with E-state index in [0.29, 0.717) is 0 Å². The van der Waals surface area contributed by atoms with Crippen LogP contribution in [-0.4, -0.2) is 18.5 Å². The van der Waals surface area contributed by atoms with Gasteiger partial charge in [-0.05, 0) is 26.7 Å². The molecule has 0 unspecified atom stereocenters. The van der Waals surface area contributed by atoms with E-state index in [1.54, 1.807) is 0 Å². The number of nitrogens with zero attached hydrogens (tertiary/aromatic N) is 4. The number of rotatable bonds is 0. The fourth-order valence-electron chi connectivity index (χ4n) is 1.85. The molecule has 0 saturated heterocycles. The van der Waals surface area contributed by atoms with E-state index >= 15 is 0 Å². The minimum Gasteiger partial charge on any atom is -0.454 e. The molecule has 5 heteroatoms. The molecule has 0 aliphatic carbocycles. The molecule has 3 rings (SSSR count). The predicted octanol–water partition coefficient (Wildman–Crippen LogP) is 1.38. The van der Waals surface area contributed by atoms with Gasteiger partial charge in [-0.3, -0.25) is 0 Å². The molecule has 0 bridgehead atoms. The van der Waals surface area contributed by atoms with E-state index < -0.39 is 0 Å². The van der Waals surface area contributed by atoms with Gasteiger partial charge in [-0.1, -0.05) is 11.4 Å². The zero-order valence-electron chi connectivity index (χ0n) is 8.55. The van der Waals surface area contributed by atoms with Gasteiger partial charge in [0.1, 0.15) is 0 Å². The Morgan fingerprint density at radius 3 is 1.67 bits per heavy atom. The zero-order chi connectivity index (χ0) is 9.71. The summed E-state index contributed by atoms with van der Waals surface area (Å²) in [5.41, 5.74) is 2.38. The summed E-state index contributed by atoms with van der Waals surface area (Å²) in [5.74, 6) is 0. The topological polar surface area (TPSA) is 19.7 Å². The average Bonchev–Trinajstić information content (AvgIpc) is 2.65. The molecule has 0 N–H and O–H groups in total. The quantitative estimate of drug-likeness (QED) is 0.412. The van der Waals surface area contributed by atoms with E-state index in [2.05, 4.69) is 55.7 Å². The number of aromatic nitrogens is 4. The van der Waals surface area contributed by atoms with E-state index in [9.17, 15) is 0 Å². The van der Waals surface area contributed by atoms with Crippen molar-refractivity contribution in [3.05, 3.63) is 37.2 Å². The molecule has 3 aliphatic rings. The van der Waals surface area contributed by atoms with Gasteiger partial charge in [-0.25, -0.2) is 0 Å². The Hall–Kier alpha value is -1.10. The summed E-state index contributed by atoms with van der Waals surface area (Å²) in [6.07, 6.45) is 8.31. The molecular weight excluding hydrogens is 373 g/mol. The molecule has 85 valence electrons. The predicted molar refractivity (Wildman–Crippen MR) is 54.2 cm³/mol. The number of fused-ring (bicyclic) bond motifs is 3. The molecule has 3 heterocycles. The molecule has 3 aliphatic heterocycles. The first kappa shape index (κ1) is 10.4. The molecule has 0 aromatic heterocycles. The standard InChI is InChI=1S/C10H12N4.Au/c1-11-5-9-3-4-10-6-12(2)8-14(10)13(9)7-11;/h3-8H,1-2H3;/q-2;. The molecule has 0 atom stereocenters. The van der Waals surface area contributed by atoms with E-state index in [0.717, 1.165) is 0 Å². The van der Waals surface area contributed by atoms with E-state index in [1.807, 2.05) is 14.1 Å². The van der Waals surface area contributed by atoms with Crippen LogP contribution in [0.4, 0.5) is 0 Å².